The largest absolute Gasteiger partial charge is 0.497 e. The molecule has 1 N–H and O–H groups in total. The number of methoxy groups -OCH3 is 1. The molecule has 0 aliphatic rings. The lowest BCUT2D eigenvalue weighted by atomic mass is 10.1. The minimum absolute atomic E-state index is 0.0294. The highest BCUT2D eigenvalue weighted by atomic mass is 16.5. The summed E-state index contributed by atoms with van der Waals surface area (Å²) in [4.78, 5) is 27.5. The SMILES string of the molecule is CCC(C)NC(=O)C(C)N(Cc1ccc(OC)cc1)C(=O)CCc1ccc(C)cc1. The van der Waals surface area contributed by atoms with Gasteiger partial charge in [-0.05, 0) is 56.9 Å². The van der Waals surface area contributed by atoms with E-state index in [0.29, 0.717) is 19.4 Å². The Morgan fingerprint density at radius 3 is 2.17 bits per heavy atom. The molecule has 2 rings (SSSR count). The van der Waals surface area contributed by atoms with E-state index in [2.05, 4.69) is 29.6 Å². The van der Waals surface area contributed by atoms with Crippen LogP contribution in [0.15, 0.2) is 48.5 Å². The number of carbonyl (C=O) groups is 2. The molecule has 5 nitrogen and oxygen atoms in total. The fraction of sp³-hybridized carbons (Fsp3) is 0.440. The van der Waals surface area contributed by atoms with Crippen molar-refractivity contribution in [2.75, 3.05) is 7.11 Å². The Kier molecular flexibility index (Phi) is 8.90. The van der Waals surface area contributed by atoms with Crippen LogP contribution < -0.4 is 10.1 Å². The van der Waals surface area contributed by atoms with E-state index in [0.717, 1.165) is 23.3 Å². The lowest BCUT2D eigenvalue weighted by molar-refractivity contribution is -0.140. The van der Waals surface area contributed by atoms with Crippen molar-refractivity contribution in [2.45, 2.75) is 65.6 Å². The Morgan fingerprint density at radius 1 is 1.00 bits per heavy atom. The van der Waals surface area contributed by atoms with Crippen LogP contribution in [-0.2, 0) is 22.6 Å². The molecule has 5 heteroatoms. The molecule has 162 valence electrons. The number of carbonyl (C=O) groups excluding carboxylic acids is 2. The van der Waals surface area contributed by atoms with Crippen LogP contribution in [0, 0.1) is 6.92 Å². The van der Waals surface area contributed by atoms with Crippen LogP contribution in [-0.4, -0.2) is 35.9 Å². The number of amides is 2. The van der Waals surface area contributed by atoms with Gasteiger partial charge in [0.15, 0.2) is 0 Å². The van der Waals surface area contributed by atoms with E-state index in [9.17, 15) is 9.59 Å². The first-order chi connectivity index (χ1) is 14.3. The van der Waals surface area contributed by atoms with E-state index in [-0.39, 0.29) is 17.9 Å². The molecular weight excluding hydrogens is 376 g/mol. The van der Waals surface area contributed by atoms with E-state index in [1.54, 1.807) is 18.9 Å². The summed E-state index contributed by atoms with van der Waals surface area (Å²) in [7, 11) is 1.62. The molecule has 0 saturated heterocycles. The lowest BCUT2D eigenvalue weighted by Crippen LogP contribution is -2.49. The smallest absolute Gasteiger partial charge is 0.242 e. The number of nitrogens with zero attached hydrogens (tertiary/aromatic N) is 1. The van der Waals surface area contributed by atoms with Crippen LogP contribution in [0.5, 0.6) is 5.75 Å². The normalized spacial score (nSPS) is 12.7. The first kappa shape index (κ1) is 23.5. The van der Waals surface area contributed by atoms with Gasteiger partial charge in [0, 0.05) is 19.0 Å². The minimum atomic E-state index is -0.549. The molecule has 2 aromatic carbocycles. The number of hydrogen-bond acceptors (Lipinski definition) is 3. The van der Waals surface area contributed by atoms with Gasteiger partial charge in [0.1, 0.15) is 11.8 Å². The highest BCUT2D eigenvalue weighted by Gasteiger charge is 2.26. The molecular formula is C25H34N2O3. The van der Waals surface area contributed by atoms with E-state index in [1.807, 2.05) is 45.0 Å². The standard InChI is InChI=1S/C25H34N2O3/c1-6-19(3)26-25(29)20(4)27(17-22-11-14-23(30-5)15-12-22)24(28)16-13-21-9-7-18(2)8-10-21/h7-12,14-15,19-20H,6,13,16-17H2,1-5H3,(H,26,29). The highest BCUT2D eigenvalue weighted by molar-refractivity contribution is 5.87. The van der Waals surface area contributed by atoms with Gasteiger partial charge in [0.25, 0.3) is 0 Å². The highest BCUT2D eigenvalue weighted by Crippen LogP contribution is 2.16. The number of hydrogen-bond donors (Lipinski definition) is 1. The zero-order valence-corrected chi connectivity index (χ0v) is 18.8. The topological polar surface area (TPSA) is 58.6 Å². The first-order valence-corrected chi connectivity index (χ1v) is 10.6. The second kappa shape index (κ2) is 11.4. The summed E-state index contributed by atoms with van der Waals surface area (Å²) in [5, 5.41) is 3.00. The second-order valence-corrected chi connectivity index (χ2v) is 7.85. The monoisotopic (exact) mass is 410 g/mol. The second-order valence-electron chi connectivity index (χ2n) is 7.85. The van der Waals surface area contributed by atoms with Gasteiger partial charge < -0.3 is 15.0 Å². The molecule has 0 radical (unpaired) electrons. The zero-order chi connectivity index (χ0) is 22.1. The number of ether oxygens (including phenoxy) is 1. The minimum Gasteiger partial charge on any atom is -0.497 e. The van der Waals surface area contributed by atoms with Crippen molar-refractivity contribution in [3.8, 4) is 5.75 Å². The van der Waals surface area contributed by atoms with E-state index < -0.39 is 6.04 Å². The van der Waals surface area contributed by atoms with Crippen LogP contribution in [0.2, 0.25) is 0 Å². The molecule has 2 atom stereocenters. The van der Waals surface area contributed by atoms with E-state index in [4.69, 9.17) is 4.74 Å². The molecule has 2 unspecified atom stereocenters. The van der Waals surface area contributed by atoms with Crippen molar-refractivity contribution in [1.82, 2.24) is 10.2 Å². The van der Waals surface area contributed by atoms with Gasteiger partial charge >= 0.3 is 0 Å². The number of aryl methyl sites for hydroxylation is 2. The Bertz CT molecular complexity index is 815. The summed E-state index contributed by atoms with van der Waals surface area (Å²) < 4.78 is 5.21. The van der Waals surface area contributed by atoms with Gasteiger partial charge in [-0.3, -0.25) is 9.59 Å². The van der Waals surface area contributed by atoms with Gasteiger partial charge in [-0.15, -0.1) is 0 Å². The van der Waals surface area contributed by atoms with Gasteiger partial charge in [-0.25, -0.2) is 0 Å². The molecule has 0 fully saturated rings. The van der Waals surface area contributed by atoms with E-state index >= 15 is 0 Å². The van der Waals surface area contributed by atoms with Crippen molar-refractivity contribution in [3.63, 3.8) is 0 Å². The third-order valence-corrected chi connectivity index (χ3v) is 5.43. The lowest BCUT2D eigenvalue weighted by Gasteiger charge is -2.30. The molecule has 30 heavy (non-hydrogen) atoms. The summed E-state index contributed by atoms with van der Waals surface area (Å²) in [5.41, 5.74) is 3.28. The van der Waals surface area contributed by atoms with Gasteiger partial charge in [0.05, 0.1) is 7.11 Å². The summed E-state index contributed by atoms with van der Waals surface area (Å²) in [6.07, 6.45) is 1.86. The first-order valence-electron chi connectivity index (χ1n) is 10.6. The molecule has 0 heterocycles. The van der Waals surface area contributed by atoms with Gasteiger partial charge in [0.2, 0.25) is 11.8 Å². The van der Waals surface area contributed by atoms with Gasteiger partial charge in [-0.1, -0.05) is 48.9 Å². The maximum atomic E-state index is 13.1. The van der Waals surface area contributed by atoms with Crippen LogP contribution >= 0.6 is 0 Å². The Hall–Kier alpha value is -2.82. The van der Waals surface area contributed by atoms with Crippen molar-refractivity contribution in [3.05, 3.63) is 65.2 Å². The molecule has 0 bridgehead atoms. The number of nitrogens with one attached hydrogen (secondary N) is 1. The maximum Gasteiger partial charge on any atom is 0.242 e. The molecule has 0 aliphatic heterocycles. The Balaban J connectivity index is 2.14. The predicted octanol–water partition coefficient (Wildman–Crippen LogP) is 4.27. The summed E-state index contributed by atoms with van der Waals surface area (Å²) in [6, 6.07) is 15.3. The Morgan fingerprint density at radius 2 is 1.60 bits per heavy atom. The molecule has 0 aromatic heterocycles. The number of rotatable bonds is 10. The third kappa shape index (κ3) is 6.90. The average Bonchev–Trinajstić information content (AvgIpc) is 2.76. The van der Waals surface area contributed by atoms with Crippen LogP contribution in [0.1, 0.15) is 50.3 Å². The molecule has 2 amide bonds. The third-order valence-electron chi connectivity index (χ3n) is 5.43. The van der Waals surface area contributed by atoms with Gasteiger partial charge in [-0.2, -0.15) is 0 Å². The van der Waals surface area contributed by atoms with Crippen molar-refractivity contribution < 1.29 is 14.3 Å². The molecule has 2 aromatic rings. The van der Waals surface area contributed by atoms with Crippen molar-refractivity contribution in [1.29, 1.82) is 0 Å². The molecule has 0 aliphatic carbocycles. The average molecular weight is 411 g/mol. The summed E-state index contributed by atoms with van der Waals surface area (Å²) in [6.45, 7) is 8.22. The molecule has 0 spiro atoms. The fourth-order valence-electron chi connectivity index (χ4n) is 3.13. The molecule has 0 saturated carbocycles. The van der Waals surface area contributed by atoms with Crippen molar-refractivity contribution in [2.24, 2.45) is 0 Å². The van der Waals surface area contributed by atoms with Crippen LogP contribution in [0.25, 0.3) is 0 Å². The fourth-order valence-corrected chi connectivity index (χ4v) is 3.13. The Labute approximate surface area is 180 Å². The van der Waals surface area contributed by atoms with E-state index in [1.165, 1.54) is 5.56 Å². The van der Waals surface area contributed by atoms with Crippen LogP contribution in [0.3, 0.4) is 0 Å². The predicted molar refractivity (Wildman–Crippen MR) is 120 cm³/mol. The van der Waals surface area contributed by atoms with Crippen LogP contribution in [0.4, 0.5) is 0 Å². The maximum absolute atomic E-state index is 13.1. The van der Waals surface area contributed by atoms with Crippen molar-refractivity contribution >= 4 is 11.8 Å². The summed E-state index contributed by atoms with van der Waals surface area (Å²) in [5.74, 6) is 0.610. The number of benzene rings is 2. The summed E-state index contributed by atoms with van der Waals surface area (Å²) >= 11 is 0. The zero-order valence-electron chi connectivity index (χ0n) is 18.8. The quantitative estimate of drug-likeness (QED) is 0.636.